The second-order valence-electron chi connectivity index (χ2n) is 4.34. The molecule has 6 heteroatoms. The minimum absolute atomic E-state index is 0.0599. The van der Waals surface area contributed by atoms with Crippen LogP contribution in [0.1, 0.15) is 5.56 Å². The van der Waals surface area contributed by atoms with Crippen LogP contribution in [-0.4, -0.2) is 18.3 Å². The van der Waals surface area contributed by atoms with Crippen molar-refractivity contribution >= 4 is 29.1 Å². The second-order valence-corrected chi connectivity index (χ2v) is 4.74. The number of hydrogen-bond donors (Lipinski definition) is 3. The number of nitrogens with one attached hydrogen (secondary N) is 2. The van der Waals surface area contributed by atoms with Gasteiger partial charge in [-0.15, -0.1) is 0 Å². The maximum absolute atomic E-state index is 11.1. The lowest BCUT2D eigenvalue weighted by Gasteiger charge is -2.09. The standard InChI is InChI=1S/C15H15ClN2O3/c1-21-15(20)18-12-4-2-3-11(8-12)17-9-10-5-6-14(19)13(16)7-10/h2-8,17,19H,9H2,1H3,(H,18,20). The highest BCUT2D eigenvalue weighted by atomic mass is 35.5. The average molecular weight is 307 g/mol. The van der Waals surface area contributed by atoms with E-state index in [-0.39, 0.29) is 5.75 Å². The topological polar surface area (TPSA) is 70.6 Å². The zero-order chi connectivity index (χ0) is 15.2. The van der Waals surface area contributed by atoms with E-state index < -0.39 is 6.09 Å². The van der Waals surface area contributed by atoms with Gasteiger partial charge in [0.15, 0.2) is 0 Å². The van der Waals surface area contributed by atoms with Crippen LogP contribution in [0.15, 0.2) is 42.5 Å². The number of amides is 1. The molecule has 21 heavy (non-hydrogen) atoms. The fourth-order valence-corrected chi connectivity index (χ4v) is 1.94. The Kier molecular flexibility index (Phi) is 4.90. The zero-order valence-electron chi connectivity index (χ0n) is 11.4. The van der Waals surface area contributed by atoms with Crippen molar-refractivity contribution in [3.05, 3.63) is 53.1 Å². The van der Waals surface area contributed by atoms with Crippen molar-refractivity contribution < 1.29 is 14.6 Å². The number of halogens is 1. The van der Waals surface area contributed by atoms with Crippen LogP contribution in [0.4, 0.5) is 16.2 Å². The van der Waals surface area contributed by atoms with Crippen molar-refractivity contribution in [1.29, 1.82) is 0 Å². The van der Waals surface area contributed by atoms with Gasteiger partial charge in [-0.3, -0.25) is 5.32 Å². The van der Waals surface area contributed by atoms with Gasteiger partial charge in [-0.05, 0) is 35.9 Å². The molecule has 0 radical (unpaired) electrons. The van der Waals surface area contributed by atoms with E-state index in [1.807, 2.05) is 12.1 Å². The summed E-state index contributed by atoms with van der Waals surface area (Å²) in [5.74, 6) is 0.0599. The Hall–Kier alpha value is -2.40. The molecule has 5 nitrogen and oxygen atoms in total. The molecule has 0 aliphatic carbocycles. The summed E-state index contributed by atoms with van der Waals surface area (Å²) in [5, 5.41) is 15.5. The van der Waals surface area contributed by atoms with Crippen LogP contribution in [0, 0.1) is 0 Å². The van der Waals surface area contributed by atoms with E-state index in [4.69, 9.17) is 11.6 Å². The summed E-state index contributed by atoms with van der Waals surface area (Å²) >= 11 is 5.85. The van der Waals surface area contributed by atoms with Crippen LogP contribution < -0.4 is 10.6 Å². The molecule has 0 heterocycles. The molecule has 0 fully saturated rings. The van der Waals surface area contributed by atoms with Crippen LogP contribution in [0.2, 0.25) is 5.02 Å². The van der Waals surface area contributed by atoms with Crippen molar-refractivity contribution in [3.8, 4) is 5.75 Å². The van der Waals surface area contributed by atoms with Crippen molar-refractivity contribution in [3.63, 3.8) is 0 Å². The molecule has 0 aliphatic rings. The van der Waals surface area contributed by atoms with Crippen LogP contribution >= 0.6 is 11.6 Å². The fourth-order valence-electron chi connectivity index (χ4n) is 1.74. The van der Waals surface area contributed by atoms with Gasteiger partial charge in [0.25, 0.3) is 0 Å². The lowest BCUT2D eigenvalue weighted by Crippen LogP contribution is -2.11. The number of anilines is 2. The lowest BCUT2D eigenvalue weighted by atomic mass is 10.2. The summed E-state index contributed by atoms with van der Waals surface area (Å²) < 4.78 is 4.54. The molecule has 0 saturated carbocycles. The van der Waals surface area contributed by atoms with Gasteiger partial charge < -0.3 is 15.2 Å². The molecule has 2 aromatic carbocycles. The SMILES string of the molecule is COC(=O)Nc1cccc(NCc2ccc(O)c(Cl)c2)c1. The molecule has 2 rings (SSSR count). The summed E-state index contributed by atoms with van der Waals surface area (Å²) in [7, 11) is 1.31. The molecule has 1 amide bonds. The number of ether oxygens (including phenoxy) is 1. The number of methoxy groups -OCH3 is 1. The van der Waals surface area contributed by atoms with E-state index in [0.717, 1.165) is 11.3 Å². The molecule has 0 spiro atoms. The number of phenolic OH excluding ortho intramolecular Hbond substituents is 1. The first-order valence-electron chi connectivity index (χ1n) is 6.25. The molecular weight excluding hydrogens is 292 g/mol. The Bertz CT molecular complexity index is 647. The quantitative estimate of drug-likeness (QED) is 0.802. The van der Waals surface area contributed by atoms with Crippen molar-refractivity contribution in [2.45, 2.75) is 6.54 Å². The van der Waals surface area contributed by atoms with E-state index in [9.17, 15) is 9.90 Å². The molecule has 110 valence electrons. The van der Waals surface area contributed by atoms with E-state index in [2.05, 4.69) is 15.4 Å². The third-order valence-corrected chi connectivity index (χ3v) is 3.11. The first-order valence-corrected chi connectivity index (χ1v) is 6.62. The highest BCUT2D eigenvalue weighted by molar-refractivity contribution is 6.32. The third-order valence-electron chi connectivity index (χ3n) is 2.80. The predicted octanol–water partition coefficient (Wildman–Crippen LogP) is 3.84. The smallest absolute Gasteiger partial charge is 0.411 e. The highest BCUT2D eigenvalue weighted by Gasteiger charge is 2.03. The first kappa shape index (κ1) is 15.0. The summed E-state index contributed by atoms with van der Waals surface area (Å²) in [6.07, 6.45) is -0.516. The molecule has 0 unspecified atom stereocenters. The molecule has 0 aliphatic heterocycles. The van der Waals surface area contributed by atoms with Crippen LogP contribution in [0.5, 0.6) is 5.75 Å². The lowest BCUT2D eigenvalue weighted by molar-refractivity contribution is 0.187. The maximum atomic E-state index is 11.1. The van der Waals surface area contributed by atoms with Gasteiger partial charge in [0.1, 0.15) is 5.75 Å². The van der Waals surface area contributed by atoms with Gasteiger partial charge in [0.2, 0.25) is 0 Å². The third kappa shape index (κ3) is 4.29. The Morgan fingerprint density at radius 3 is 2.71 bits per heavy atom. The van der Waals surface area contributed by atoms with Crippen LogP contribution in [-0.2, 0) is 11.3 Å². The van der Waals surface area contributed by atoms with E-state index >= 15 is 0 Å². The minimum Gasteiger partial charge on any atom is -0.506 e. The minimum atomic E-state index is -0.516. The normalized spacial score (nSPS) is 10.0. The molecule has 0 aromatic heterocycles. The molecule has 3 N–H and O–H groups in total. The number of carbonyl (C=O) groups excluding carboxylic acids is 1. The Labute approximate surface area is 127 Å². The molecule has 2 aromatic rings. The summed E-state index contributed by atoms with van der Waals surface area (Å²) in [6.45, 7) is 0.543. The summed E-state index contributed by atoms with van der Waals surface area (Å²) in [5.41, 5.74) is 2.41. The Morgan fingerprint density at radius 2 is 2.00 bits per heavy atom. The van der Waals surface area contributed by atoms with Gasteiger partial charge in [0, 0.05) is 17.9 Å². The van der Waals surface area contributed by atoms with E-state index in [0.29, 0.717) is 17.3 Å². The molecular formula is C15H15ClN2O3. The second kappa shape index (κ2) is 6.85. The summed E-state index contributed by atoms with van der Waals surface area (Å²) in [4.78, 5) is 11.1. The fraction of sp³-hybridized carbons (Fsp3) is 0.133. The maximum Gasteiger partial charge on any atom is 0.411 e. The number of benzene rings is 2. The predicted molar refractivity (Wildman–Crippen MR) is 82.9 cm³/mol. The van der Waals surface area contributed by atoms with E-state index in [1.54, 1.807) is 30.3 Å². The van der Waals surface area contributed by atoms with Gasteiger partial charge in [0.05, 0.1) is 12.1 Å². The monoisotopic (exact) mass is 306 g/mol. The van der Waals surface area contributed by atoms with Crippen molar-refractivity contribution in [2.24, 2.45) is 0 Å². The van der Waals surface area contributed by atoms with E-state index in [1.165, 1.54) is 7.11 Å². The number of hydrogen-bond acceptors (Lipinski definition) is 4. The first-order chi connectivity index (χ1) is 10.1. The van der Waals surface area contributed by atoms with Gasteiger partial charge in [-0.25, -0.2) is 4.79 Å². The number of phenols is 1. The average Bonchev–Trinajstić information content (AvgIpc) is 2.49. The number of carbonyl (C=O) groups is 1. The Balaban J connectivity index is 2.01. The van der Waals surface area contributed by atoms with Crippen LogP contribution in [0.3, 0.4) is 0 Å². The van der Waals surface area contributed by atoms with Gasteiger partial charge >= 0.3 is 6.09 Å². The molecule has 0 saturated heterocycles. The zero-order valence-corrected chi connectivity index (χ0v) is 12.1. The largest absolute Gasteiger partial charge is 0.506 e. The van der Waals surface area contributed by atoms with Crippen molar-refractivity contribution in [2.75, 3.05) is 17.7 Å². The van der Waals surface area contributed by atoms with Crippen molar-refractivity contribution in [1.82, 2.24) is 0 Å². The number of rotatable bonds is 4. The van der Waals surface area contributed by atoms with Gasteiger partial charge in [-0.1, -0.05) is 23.7 Å². The number of aromatic hydroxyl groups is 1. The molecule has 0 atom stereocenters. The Morgan fingerprint density at radius 1 is 1.24 bits per heavy atom. The van der Waals surface area contributed by atoms with Crippen LogP contribution in [0.25, 0.3) is 0 Å². The molecule has 0 bridgehead atoms. The highest BCUT2D eigenvalue weighted by Crippen LogP contribution is 2.24. The van der Waals surface area contributed by atoms with Gasteiger partial charge in [-0.2, -0.15) is 0 Å². The summed E-state index contributed by atoms with van der Waals surface area (Å²) in [6, 6.07) is 12.3.